The minimum atomic E-state index is 0. The molecule has 0 atom stereocenters. The Kier molecular flexibility index (Phi) is 17.2. The Bertz CT molecular complexity index is 976. The summed E-state index contributed by atoms with van der Waals surface area (Å²) in [7, 11) is 19.9. The van der Waals surface area contributed by atoms with Crippen molar-refractivity contribution < 1.29 is 4.34 Å². The van der Waals surface area contributed by atoms with E-state index in [9.17, 15) is 0 Å². The zero-order valence-electron chi connectivity index (χ0n) is 23.7. The summed E-state index contributed by atoms with van der Waals surface area (Å²) in [6.07, 6.45) is 0. The average molecular weight is 626 g/mol. The van der Waals surface area contributed by atoms with E-state index in [1.54, 1.807) is 40.1 Å². The van der Waals surface area contributed by atoms with E-state index in [4.69, 9.17) is 16.6 Å². The van der Waals surface area contributed by atoms with E-state index in [1.165, 1.54) is 50.6 Å². The van der Waals surface area contributed by atoms with Crippen molar-refractivity contribution in [1.29, 1.82) is 0 Å². The monoisotopic (exact) mass is 625 g/mol. The second-order valence-electron chi connectivity index (χ2n) is 5.93. The second kappa shape index (κ2) is 18.9. The van der Waals surface area contributed by atoms with Crippen LogP contribution in [0.3, 0.4) is 0 Å². The molecule has 0 amide bonds. The zero-order chi connectivity index (χ0) is 29.0. The molecule has 35 heavy (non-hydrogen) atoms. The van der Waals surface area contributed by atoms with E-state index in [1.807, 2.05) is 33.1 Å². The van der Waals surface area contributed by atoms with Gasteiger partial charge in [-0.15, -0.1) is 27.9 Å². The van der Waals surface area contributed by atoms with E-state index in [2.05, 4.69) is 71.4 Å². The maximum absolute atomic E-state index is 5.75. The van der Waals surface area contributed by atoms with E-state index in [0.29, 0.717) is 14.6 Å². The van der Waals surface area contributed by atoms with Crippen LogP contribution < -0.4 is 0 Å². The van der Waals surface area contributed by atoms with Crippen molar-refractivity contribution in [2.45, 2.75) is 22.9 Å². The molecule has 0 radical (unpaired) electrons. The van der Waals surface area contributed by atoms with Gasteiger partial charge < -0.3 is 17.2 Å². The molecule has 3 aromatic heterocycles. The average Bonchev–Trinajstić information content (AvgIpc) is 3.61. The van der Waals surface area contributed by atoms with Crippen LogP contribution in [0.1, 0.15) is 11.7 Å². The largest absolute Gasteiger partial charge is 0.364 e. The molecule has 200 valence electrons. The van der Waals surface area contributed by atoms with Crippen molar-refractivity contribution in [1.82, 2.24) is 70.4 Å². The van der Waals surface area contributed by atoms with Gasteiger partial charge in [0.15, 0.2) is 0 Å². The van der Waals surface area contributed by atoms with Gasteiger partial charge in [0, 0.05) is 53.7 Å². The van der Waals surface area contributed by atoms with Gasteiger partial charge in [-0.3, -0.25) is 0 Å². The Morgan fingerprint density at radius 1 is 0.829 bits per heavy atom. The molecule has 0 aliphatic carbocycles. The van der Waals surface area contributed by atoms with Crippen LogP contribution in [0.4, 0.5) is 0 Å². The summed E-state index contributed by atoms with van der Waals surface area (Å²) in [5.74, 6) is 0. The number of hydrogen-bond acceptors (Lipinski definition) is 15. The molecule has 0 spiro atoms. The molecule has 0 fully saturated rings. The fourth-order valence-electron chi connectivity index (χ4n) is 1.10. The van der Waals surface area contributed by atoms with Gasteiger partial charge >= 0.3 is 0 Å². The van der Waals surface area contributed by atoms with Gasteiger partial charge in [-0.2, -0.15) is 0 Å². The number of aromatic nitrogens is 12. The lowest BCUT2D eigenvalue weighted by Gasteiger charge is -2.10. The van der Waals surface area contributed by atoms with Gasteiger partial charge in [0.2, 0.25) is 15.5 Å². The number of hydrogen-bond donors (Lipinski definition) is 1. The van der Waals surface area contributed by atoms with Crippen molar-refractivity contribution in [3.8, 4) is 0 Å². The Labute approximate surface area is 242 Å². The van der Waals surface area contributed by atoms with Crippen LogP contribution in [0.2, 0.25) is 0 Å². The number of nitrogens with zero attached hydrogens (tertiary/aromatic N) is 14. The van der Waals surface area contributed by atoms with Gasteiger partial charge in [0.25, 0.3) is 0 Å². The minimum absolute atomic E-state index is 0. The second-order valence-corrected chi connectivity index (χ2v) is 11.8. The molecule has 3 aromatic rings. The van der Waals surface area contributed by atoms with E-state index < -0.39 is 0 Å². The van der Waals surface area contributed by atoms with E-state index >= 15 is 0 Å². The van der Waals surface area contributed by atoms with Gasteiger partial charge in [0.1, 0.15) is 8.64 Å². The van der Waals surface area contributed by atoms with Crippen molar-refractivity contribution in [3.63, 3.8) is 0 Å². The lowest BCUT2D eigenvalue weighted by atomic mass is 11.0. The van der Waals surface area contributed by atoms with Crippen LogP contribution in [-0.4, -0.2) is 107 Å². The molecule has 0 saturated carbocycles. The number of tetrazole rings is 3. The maximum Gasteiger partial charge on any atom is 0.220 e. The number of aryl methyl sites for hydroxylation is 3. The molecule has 0 N–H and O–H groups in total. The van der Waals surface area contributed by atoms with Crippen molar-refractivity contribution in [2.24, 2.45) is 21.1 Å². The first-order valence-electron chi connectivity index (χ1n) is 10.5. The summed E-state index contributed by atoms with van der Waals surface area (Å²) in [5.41, 5.74) is 0. The van der Waals surface area contributed by atoms with Crippen LogP contribution in [0, 0.1) is 7.43 Å². The van der Waals surface area contributed by atoms with Crippen molar-refractivity contribution >= 4 is 88.9 Å². The molecular formula is C14H31N14S7-. The molecule has 14 nitrogen and oxygen atoms in total. The van der Waals surface area contributed by atoms with Crippen molar-refractivity contribution in [3.05, 3.63) is 7.43 Å². The first kappa shape index (κ1) is 31.8. The molecule has 3 rings (SSSR count). The number of rotatable bonds is 5. The number of thiol groups is 1. The quantitative estimate of drug-likeness (QED) is 0.192. The van der Waals surface area contributed by atoms with E-state index in [-0.39, 0.29) is 7.43 Å². The van der Waals surface area contributed by atoms with Crippen molar-refractivity contribution in [2.75, 3.05) is 28.2 Å². The molecule has 0 bridgehead atoms. The highest BCUT2D eigenvalue weighted by Gasteiger charge is 2.08. The summed E-state index contributed by atoms with van der Waals surface area (Å²) in [6, 6.07) is 0. The SMILES string of the molecule is CN(C)C(=S)S.CN(C)C(=S)SSc1nnnn1C.Cn1nnnc1SSc1nnnn1C.[3H]C.[3H][3H].[CH3-]. The van der Waals surface area contributed by atoms with Crippen LogP contribution in [0.5, 0.6) is 0 Å². The predicted octanol–water partition coefficient (Wildman–Crippen LogP) is 2.42. The van der Waals surface area contributed by atoms with Crippen LogP contribution >= 0.6 is 80.2 Å². The van der Waals surface area contributed by atoms with Crippen LogP contribution in [-0.2, 0) is 21.1 Å². The highest BCUT2D eigenvalue weighted by atomic mass is 33.1. The molecule has 0 aliphatic heterocycles. The zero-order valence-corrected chi connectivity index (χ0v) is 26.5. The van der Waals surface area contributed by atoms with Crippen LogP contribution in [0.25, 0.3) is 0 Å². The fraction of sp³-hybridized carbons (Fsp3) is 0.571. The third-order valence-corrected chi connectivity index (χ3v) is 9.04. The molecule has 0 aliphatic rings. The first-order valence-corrected chi connectivity index (χ1v) is 14.1. The molecule has 0 aromatic carbocycles. The molecule has 0 unspecified atom stereocenters. The summed E-state index contributed by atoms with van der Waals surface area (Å²) < 4.78 is 21.9. The maximum atomic E-state index is 5.75. The normalized spacial score (nSPS) is 9.80. The molecule has 0 saturated heterocycles. The van der Waals surface area contributed by atoms with Gasteiger partial charge in [-0.25, -0.2) is 14.0 Å². The Morgan fingerprint density at radius 3 is 1.37 bits per heavy atom. The number of thiocarbonyl (C=S) groups is 2. The third kappa shape index (κ3) is 14.2. The predicted molar refractivity (Wildman–Crippen MR) is 158 cm³/mol. The standard InChI is InChI=1S/C5H9N5S3.C4H6N8S2.C3H7NS2.CH4.CH3.H2/c1-9(2)5(11)13-12-4-6-7-8-10(4)3;1-11-3(5-7-9-11)13-14-4-6-8-10-12(4)2;1-4(2)3(5)6;;;/h1-3H3;1-2H3;1-2H3,(H,5,6);1H4;1H3;1H/q;;;;-1;/i;;;1T;;1+2T. The van der Waals surface area contributed by atoms with Gasteiger partial charge in [0.05, 0.1) is 0 Å². The van der Waals surface area contributed by atoms with Crippen LogP contribution in [0.15, 0.2) is 15.5 Å². The lowest BCUT2D eigenvalue weighted by Crippen LogP contribution is -2.15. The van der Waals surface area contributed by atoms with Gasteiger partial charge in [-0.1, -0.05) is 31.8 Å². The summed E-state index contributed by atoms with van der Waals surface area (Å²) in [5, 5.41) is 35.2. The fourth-order valence-corrected chi connectivity index (χ4v) is 5.09. The minimum Gasteiger partial charge on any atom is -0.364 e. The van der Waals surface area contributed by atoms with Gasteiger partial charge in [-0.05, 0) is 74.5 Å². The Balaban J connectivity index is -0.000000475. The summed E-state index contributed by atoms with van der Waals surface area (Å²) >= 11 is 13.5. The Hall–Kier alpha value is -1.26. The first-order chi connectivity index (χ1) is 17.5. The Morgan fingerprint density at radius 2 is 1.14 bits per heavy atom. The molecule has 21 heteroatoms. The lowest BCUT2D eigenvalue weighted by molar-refractivity contribution is 0.648. The highest BCUT2D eigenvalue weighted by Crippen LogP contribution is 2.33. The molecular weight excluding hydrogens is 589 g/mol. The summed E-state index contributed by atoms with van der Waals surface area (Å²) in [4.78, 5) is 3.63. The third-order valence-electron chi connectivity index (χ3n) is 2.87. The van der Waals surface area contributed by atoms with E-state index in [0.717, 1.165) is 9.48 Å². The highest BCUT2D eigenvalue weighted by molar-refractivity contribution is 8.83. The molecule has 3 heterocycles. The smallest absolute Gasteiger partial charge is 0.220 e. The summed E-state index contributed by atoms with van der Waals surface area (Å²) in [6.45, 7) is 0. The topological polar surface area (TPSA) is 137 Å².